The van der Waals surface area contributed by atoms with Crippen LogP contribution in [0.5, 0.6) is 0 Å². The Morgan fingerprint density at radius 3 is 3.19 bits per heavy atom. The molecule has 1 aliphatic heterocycles. The van der Waals surface area contributed by atoms with E-state index in [0.29, 0.717) is 24.7 Å². The fraction of sp³-hybridized carbons (Fsp3) is 0.400. The van der Waals surface area contributed by atoms with E-state index in [1.807, 2.05) is 17.5 Å². The van der Waals surface area contributed by atoms with Crippen molar-refractivity contribution in [3.63, 3.8) is 0 Å². The summed E-state index contributed by atoms with van der Waals surface area (Å²) in [5.74, 6) is 1.17. The number of aliphatic hydroxyl groups is 1. The fourth-order valence-corrected chi connectivity index (χ4v) is 2.44. The zero-order valence-corrected chi connectivity index (χ0v) is 9.28. The Bertz CT molecular complexity index is 468. The quantitative estimate of drug-likeness (QED) is 0.821. The van der Waals surface area contributed by atoms with Crippen LogP contribution in [-0.2, 0) is 0 Å². The lowest BCUT2D eigenvalue weighted by Gasteiger charge is -2.01. The summed E-state index contributed by atoms with van der Waals surface area (Å²) >= 11 is 1.58. The van der Waals surface area contributed by atoms with Gasteiger partial charge in [0.1, 0.15) is 0 Å². The summed E-state index contributed by atoms with van der Waals surface area (Å²) in [4.78, 5) is 5.32. The van der Waals surface area contributed by atoms with Crippen LogP contribution in [0, 0.1) is 0 Å². The minimum Gasteiger partial charge on any atom is -0.392 e. The summed E-state index contributed by atoms with van der Waals surface area (Å²) in [7, 11) is 0. The summed E-state index contributed by atoms with van der Waals surface area (Å²) < 4.78 is 5.19. The van der Waals surface area contributed by atoms with Crippen LogP contribution >= 0.6 is 11.3 Å². The average molecular weight is 237 g/mol. The molecule has 3 heterocycles. The van der Waals surface area contributed by atoms with Gasteiger partial charge in [0.25, 0.3) is 0 Å². The van der Waals surface area contributed by atoms with Gasteiger partial charge in [-0.05, 0) is 17.9 Å². The number of hydrogen-bond acceptors (Lipinski definition) is 6. The van der Waals surface area contributed by atoms with Crippen LogP contribution in [-0.4, -0.2) is 27.9 Å². The number of nitrogens with zero attached hydrogens (tertiary/aromatic N) is 2. The minimum atomic E-state index is -0.318. The molecule has 0 radical (unpaired) electrons. The molecule has 0 saturated carbocycles. The van der Waals surface area contributed by atoms with Crippen molar-refractivity contribution in [3.05, 3.63) is 23.4 Å². The smallest absolute Gasteiger partial charge is 0.244 e. The lowest BCUT2D eigenvalue weighted by Crippen LogP contribution is -2.15. The highest BCUT2D eigenvalue weighted by atomic mass is 32.1. The first-order valence-corrected chi connectivity index (χ1v) is 6.00. The first-order chi connectivity index (χ1) is 7.83. The van der Waals surface area contributed by atoms with Crippen molar-refractivity contribution in [1.82, 2.24) is 15.5 Å². The van der Waals surface area contributed by atoms with E-state index >= 15 is 0 Å². The van der Waals surface area contributed by atoms with Crippen LogP contribution in [0.3, 0.4) is 0 Å². The fourth-order valence-electron chi connectivity index (χ4n) is 1.79. The van der Waals surface area contributed by atoms with E-state index < -0.39 is 0 Å². The van der Waals surface area contributed by atoms with E-state index in [4.69, 9.17) is 4.52 Å². The number of hydrogen-bond donors (Lipinski definition) is 2. The van der Waals surface area contributed by atoms with Crippen LogP contribution in [0.1, 0.15) is 18.4 Å². The number of thiophene rings is 1. The third-order valence-corrected chi connectivity index (χ3v) is 3.45. The van der Waals surface area contributed by atoms with Crippen molar-refractivity contribution >= 4 is 11.3 Å². The Morgan fingerprint density at radius 2 is 2.50 bits per heavy atom. The van der Waals surface area contributed by atoms with Gasteiger partial charge in [-0.2, -0.15) is 4.98 Å². The Balaban J connectivity index is 1.83. The predicted octanol–water partition coefficient (Wildman–Crippen LogP) is 1.19. The molecule has 2 aromatic rings. The summed E-state index contributed by atoms with van der Waals surface area (Å²) in [5.41, 5.74) is 0. The average Bonchev–Trinajstić information content (AvgIpc) is 2.97. The first-order valence-electron chi connectivity index (χ1n) is 5.12. The predicted molar refractivity (Wildman–Crippen MR) is 59.0 cm³/mol. The van der Waals surface area contributed by atoms with Crippen LogP contribution in [0.4, 0.5) is 0 Å². The number of aliphatic hydroxyl groups excluding tert-OH is 1. The highest BCUT2D eigenvalue weighted by Gasteiger charge is 2.28. The third kappa shape index (κ3) is 1.75. The molecule has 2 atom stereocenters. The van der Waals surface area contributed by atoms with Gasteiger partial charge >= 0.3 is 0 Å². The lowest BCUT2D eigenvalue weighted by molar-refractivity contribution is 0.191. The molecule has 0 unspecified atom stereocenters. The monoisotopic (exact) mass is 237 g/mol. The molecule has 0 aliphatic carbocycles. The van der Waals surface area contributed by atoms with E-state index in [-0.39, 0.29) is 12.1 Å². The number of β-amino-alcohol motifs (C(OH)–C–C–N with tert-alkyl or cyclic N) is 1. The molecule has 1 aliphatic rings. The zero-order valence-electron chi connectivity index (χ0n) is 8.46. The molecule has 0 spiro atoms. The van der Waals surface area contributed by atoms with Gasteiger partial charge in [-0.3, -0.25) is 0 Å². The van der Waals surface area contributed by atoms with E-state index in [0.717, 1.165) is 4.88 Å². The van der Waals surface area contributed by atoms with Crippen LogP contribution in [0.25, 0.3) is 10.7 Å². The molecule has 5 nitrogen and oxygen atoms in total. The Kier molecular flexibility index (Phi) is 2.47. The highest BCUT2D eigenvalue weighted by molar-refractivity contribution is 7.13. The highest BCUT2D eigenvalue weighted by Crippen LogP contribution is 2.26. The molecule has 0 aromatic carbocycles. The lowest BCUT2D eigenvalue weighted by atomic mass is 10.2. The molecule has 1 saturated heterocycles. The minimum absolute atomic E-state index is 0.0174. The maximum absolute atomic E-state index is 9.40. The summed E-state index contributed by atoms with van der Waals surface area (Å²) in [6.07, 6.45) is 0.314. The molecular weight excluding hydrogens is 226 g/mol. The van der Waals surface area contributed by atoms with Gasteiger partial charge in [0, 0.05) is 6.54 Å². The third-order valence-electron chi connectivity index (χ3n) is 2.59. The standard InChI is InChI=1S/C10H11N3O2S/c14-6-4-7(11-5-6)10-12-9(13-15-10)8-2-1-3-16-8/h1-3,6-7,11,14H,4-5H2/t6-,7+/m0/s1. The molecule has 6 heteroatoms. The molecule has 2 aromatic heterocycles. The van der Waals surface area contributed by atoms with Crippen molar-refractivity contribution in [2.75, 3.05) is 6.54 Å². The van der Waals surface area contributed by atoms with Crippen LogP contribution in [0.2, 0.25) is 0 Å². The van der Waals surface area contributed by atoms with Crippen molar-refractivity contribution in [3.8, 4) is 10.7 Å². The Hall–Kier alpha value is -1.24. The van der Waals surface area contributed by atoms with Gasteiger partial charge in [0.2, 0.25) is 11.7 Å². The number of rotatable bonds is 2. The Labute approximate surface area is 96.1 Å². The molecule has 16 heavy (non-hydrogen) atoms. The van der Waals surface area contributed by atoms with E-state index in [1.165, 1.54) is 0 Å². The molecular formula is C10H11N3O2S. The molecule has 84 valence electrons. The summed E-state index contributed by atoms with van der Waals surface area (Å²) in [6, 6.07) is 3.89. The number of aromatic nitrogens is 2. The Morgan fingerprint density at radius 1 is 1.56 bits per heavy atom. The van der Waals surface area contributed by atoms with Gasteiger partial charge in [0.15, 0.2) is 0 Å². The molecule has 2 N–H and O–H groups in total. The second-order valence-corrected chi connectivity index (χ2v) is 4.73. The molecule has 3 rings (SSSR count). The SMILES string of the molecule is O[C@@H]1CN[C@@H](c2nc(-c3cccs3)no2)C1. The zero-order chi connectivity index (χ0) is 11.0. The number of nitrogens with one attached hydrogen (secondary N) is 1. The molecule has 1 fully saturated rings. The van der Waals surface area contributed by atoms with Crippen molar-refractivity contribution in [1.29, 1.82) is 0 Å². The van der Waals surface area contributed by atoms with Gasteiger partial charge in [-0.15, -0.1) is 11.3 Å². The molecule has 0 amide bonds. The maximum Gasteiger partial charge on any atom is 0.244 e. The van der Waals surface area contributed by atoms with E-state index in [2.05, 4.69) is 15.5 Å². The van der Waals surface area contributed by atoms with E-state index in [9.17, 15) is 5.11 Å². The van der Waals surface area contributed by atoms with Crippen LogP contribution < -0.4 is 5.32 Å². The van der Waals surface area contributed by atoms with Crippen LogP contribution in [0.15, 0.2) is 22.0 Å². The van der Waals surface area contributed by atoms with E-state index in [1.54, 1.807) is 11.3 Å². The second-order valence-electron chi connectivity index (χ2n) is 3.78. The van der Waals surface area contributed by atoms with Gasteiger partial charge in [-0.25, -0.2) is 0 Å². The van der Waals surface area contributed by atoms with Gasteiger partial charge in [-0.1, -0.05) is 11.2 Å². The topological polar surface area (TPSA) is 71.2 Å². The van der Waals surface area contributed by atoms with Gasteiger partial charge in [0.05, 0.1) is 17.0 Å². The summed E-state index contributed by atoms with van der Waals surface area (Å²) in [6.45, 7) is 0.585. The second kappa shape index (κ2) is 3.97. The molecule has 0 bridgehead atoms. The van der Waals surface area contributed by atoms with Crippen molar-refractivity contribution in [2.45, 2.75) is 18.6 Å². The van der Waals surface area contributed by atoms with Crippen molar-refractivity contribution < 1.29 is 9.63 Å². The first kappa shape index (κ1) is 9.95. The summed E-state index contributed by atoms with van der Waals surface area (Å²) in [5, 5.41) is 18.4. The normalized spacial score (nSPS) is 25.1. The largest absolute Gasteiger partial charge is 0.392 e. The van der Waals surface area contributed by atoms with Gasteiger partial charge < -0.3 is 14.9 Å². The van der Waals surface area contributed by atoms with Crippen molar-refractivity contribution in [2.24, 2.45) is 0 Å². The maximum atomic E-state index is 9.40.